The molecule has 0 radical (unpaired) electrons. The van der Waals surface area contributed by atoms with E-state index in [1.54, 1.807) is 0 Å². The van der Waals surface area contributed by atoms with Crippen LogP contribution in [0.1, 0.15) is 34.8 Å². The van der Waals surface area contributed by atoms with Gasteiger partial charge in [-0.15, -0.1) is 0 Å². The molecule has 4 saturated heterocycles. The number of aromatic amines is 1. The zero-order valence-electron chi connectivity index (χ0n) is 13.9. The third-order valence-corrected chi connectivity index (χ3v) is 6.58. The molecule has 4 fully saturated rings. The number of halogens is 1. The van der Waals surface area contributed by atoms with Crippen molar-refractivity contribution in [3.05, 3.63) is 52.8 Å². The summed E-state index contributed by atoms with van der Waals surface area (Å²) >= 11 is 6.17. The fraction of sp³-hybridized carbons (Fsp3) is 0.474. The molecule has 1 amide bonds. The first kappa shape index (κ1) is 15.4. The number of nitrogens with one attached hydrogen (secondary N) is 1. The first-order valence-electron chi connectivity index (χ1n) is 9.03. The summed E-state index contributed by atoms with van der Waals surface area (Å²) in [5.41, 5.74) is 1.75. The Kier molecular flexibility index (Phi) is 3.61. The molecule has 2 aromatic rings. The Morgan fingerprint density at radius 2 is 1.92 bits per heavy atom. The summed E-state index contributed by atoms with van der Waals surface area (Å²) in [4.78, 5) is 17.9. The molecular formula is C19H21ClN4O. The van der Waals surface area contributed by atoms with Gasteiger partial charge in [0.25, 0.3) is 5.91 Å². The van der Waals surface area contributed by atoms with Crippen LogP contribution in [0.3, 0.4) is 0 Å². The van der Waals surface area contributed by atoms with Gasteiger partial charge in [-0.1, -0.05) is 41.9 Å². The Labute approximate surface area is 152 Å². The van der Waals surface area contributed by atoms with Crippen LogP contribution in [0.25, 0.3) is 0 Å². The predicted octanol–water partition coefficient (Wildman–Crippen LogP) is 2.77. The van der Waals surface area contributed by atoms with Gasteiger partial charge >= 0.3 is 0 Å². The number of carbonyl (C=O) groups is 1. The van der Waals surface area contributed by atoms with Crippen LogP contribution in [0.2, 0.25) is 5.02 Å². The number of nitrogens with zero attached hydrogens (tertiary/aromatic N) is 3. The quantitative estimate of drug-likeness (QED) is 0.900. The summed E-state index contributed by atoms with van der Waals surface area (Å²) in [6.45, 7) is 3.06. The van der Waals surface area contributed by atoms with Crippen LogP contribution in [-0.2, 0) is 0 Å². The molecule has 5 nitrogen and oxygen atoms in total. The minimum Gasteiger partial charge on any atom is -0.332 e. The number of piperidine rings is 3. The highest BCUT2D eigenvalue weighted by atomic mass is 35.5. The summed E-state index contributed by atoms with van der Waals surface area (Å²) < 4.78 is 0. The van der Waals surface area contributed by atoms with Crippen molar-refractivity contribution in [3.63, 3.8) is 0 Å². The van der Waals surface area contributed by atoms with Crippen molar-refractivity contribution in [1.29, 1.82) is 0 Å². The molecule has 1 aromatic heterocycles. The van der Waals surface area contributed by atoms with Crippen LogP contribution in [0, 0.1) is 5.92 Å². The summed E-state index contributed by atoms with van der Waals surface area (Å²) in [5.74, 6) is 0.944. The second kappa shape index (κ2) is 5.85. The van der Waals surface area contributed by atoms with Crippen molar-refractivity contribution in [3.8, 4) is 0 Å². The highest BCUT2D eigenvalue weighted by Gasteiger charge is 2.54. The van der Waals surface area contributed by atoms with Gasteiger partial charge in [0.15, 0.2) is 0 Å². The maximum Gasteiger partial charge on any atom is 0.273 e. The maximum absolute atomic E-state index is 13.2. The Balaban J connectivity index is 1.54. The highest BCUT2D eigenvalue weighted by Crippen LogP contribution is 2.47. The van der Waals surface area contributed by atoms with E-state index in [2.05, 4.69) is 50.3 Å². The van der Waals surface area contributed by atoms with Crippen LogP contribution in [0.5, 0.6) is 0 Å². The molecular weight excluding hydrogens is 336 g/mol. The number of likely N-dealkylation sites (tertiary alicyclic amines) is 1. The lowest BCUT2D eigenvalue weighted by Gasteiger charge is -2.51. The van der Waals surface area contributed by atoms with Gasteiger partial charge in [0.2, 0.25) is 0 Å². The van der Waals surface area contributed by atoms with Gasteiger partial charge in [-0.25, -0.2) is 0 Å². The fourth-order valence-corrected chi connectivity index (χ4v) is 5.38. The lowest BCUT2D eigenvalue weighted by molar-refractivity contribution is -0.00357. The zero-order valence-corrected chi connectivity index (χ0v) is 14.7. The zero-order chi connectivity index (χ0) is 17.0. The van der Waals surface area contributed by atoms with Crippen LogP contribution in [0.4, 0.5) is 0 Å². The van der Waals surface area contributed by atoms with Crippen LogP contribution >= 0.6 is 11.6 Å². The molecule has 2 bridgehead atoms. The second-order valence-corrected chi connectivity index (χ2v) is 7.83. The highest BCUT2D eigenvalue weighted by molar-refractivity contribution is 6.33. The number of carbonyl (C=O) groups excluding carboxylic acids is 1. The van der Waals surface area contributed by atoms with Gasteiger partial charge in [-0.3, -0.25) is 14.8 Å². The van der Waals surface area contributed by atoms with Gasteiger partial charge in [0.1, 0.15) is 5.69 Å². The first-order chi connectivity index (χ1) is 12.2. The minimum atomic E-state index is -0.00955. The standard InChI is InChI=1S/C19H21ClN4O/c20-15-10-21-22-16(15)19(25)24-11-14(12-4-2-1-3-5-12)18-17(24)13-6-8-23(18)9-7-13/h1-5,10,13-14,17-18H,6-9,11H2,(H,21,22)/t14-,17+,18+/m0/s1. The molecule has 3 atom stereocenters. The largest absolute Gasteiger partial charge is 0.332 e. The number of aromatic nitrogens is 2. The third-order valence-electron chi connectivity index (χ3n) is 6.29. The lowest BCUT2D eigenvalue weighted by Crippen LogP contribution is -2.60. The molecule has 0 saturated carbocycles. The number of fused-ring (bicyclic) bond motifs is 2. The topological polar surface area (TPSA) is 52.2 Å². The molecule has 1 aromatic carbocycles. The third kappa shape index (κ3) is 2.33. The van der Waals surface area contributed by atoms with Crippen molar-refractivity contribution in [2.24, 2.45) is 5.92 Å². The van der Waals surface area contributed by atoms with E-state index in [4.69, 9.17) is 11.6 Å². The molecule has 5 heterocycles. The van der Waals surface area contributed by atoms with Crippen LogP contribution in [-0.4, -0.2) is 57.6 Å². The van der Waals surface area contributed by atoms with E-state index in [0.29, 0.717) is 28.6 Å². The average Bonchev–Trinajstić information content (AvgIpc) is 3.28. The molecule has 0 aliphatic carbocycles. The molecule has 6 rings (SSSR count). The smallest absolute Gasteiger partial charge is 0.273 e. The summed E-state index contributed by atoms with van der Waals surface area (Å²) in [7, 11) is 0. The second-order valence-electron chi connectivity index (χ2n) is 7.42. The van der Waals surface area contributed by atoms with Gasteiger partial charge in [0.05, 0.1) is 17.3 Å². The van der Waals surface area contributed by atoms with E-state index in [1.165, 1.54) is 24.6 Å². The number of benzene rings is 1. The molecule has 0 unspecified atom stereocenters. The molecule has 4 aliphatic heterocycles. The Hall–Kier alpha value is -1.85. The molecule has 130 valence electrons. The van der Waals surface area contributed by atoms with E-state index in [9.17, 15) is 4.79 Å². The Morgan fingerprint density at radius 3 is 2.60 bits per heavy atom. The molecule has 25 heavy (non-hydrogen) atoms. The van der Waals surface area contributed by atoms with E-state index >= 15 is 0 Å². The van der Waals surface area contributed by atoms with Crippen molar-refractivity contribution in [2.75, 3.05) is 19.6 Å². The van der Waals surface area contributed by atoms with Gasteiger partial charge in [0, 0.05) is 18.5 Å². The summed E-state index contributed by atoms with van der Waals surface area (Å²) in [6.07, 6.45) is 3.87. The van der Waals surface area contributed by atoms with Gasteiger partial charge in [-0.2, -0.15) is 5.10 Å². The van der Waals surface area contributed by atoms with E-state index in [-0.39, 0.29) is 11.9 Å². The molecule has 0 spiro atoms. The fourth-order valence-electron chi connectivity index (χ4n) is 5.21. The number of hydrogen-bond donors (Lipinski definition) is 1. The molecule has 6 heteroatoms. The SMILES string of the molecule is O=C(c1[nH]ncc1Cl)N1C[C@@H](c2ccccc2)[C@@H]2[C@H]1C1CCN2CC1. The van der Waals surface area contributed by atoms with Crippen LogP contribution in [0.15, 0.2) is 36.5 Å². The van der Waals surface area contributed by atoms with E-state index in [0.717, 1.165) is 19.6 Å². The first-order valence-corrected chi connectivity index (χ1v) is 9.40. The summed E-state index contributed by atoms with van der Waals surface area (Å²) in [6, 6.07) is 11.3. The number of rotatable bonds is 2. The van der Waals surface area contributed by atoms with E-state index < -0.39 is 0 Å². The van der Waals surface area contributed by atoms with Crippen molar-refractivity contribution < 1.29 is 4.79 Å². The number of amides is 1. The van der Waals surface area contributed by atoms with Gasteiger partial charge < -0.3 is 4.90 Å². The maximum atomic E-state index is 13.2. The molecule has 1 N–H and O–H groups in total. The normalized spacial score (nSPS) is 33.5. The Morgan fingerprint density at radius 1 is 1.16 bits per heavy atom. The minimum absolute atomic E-state index is 0.00955. The van der Waals surface area contributed by atoms with Crippen molar-refractivity contribution in [1.82, 2.24) is 20.0 Å². The Bertz CT molecular complexity index is 784. The average molecular weight is 357 g/mol. The van der Waals surface area contributed by atoms with Gasteiger partial charge in [-0.05, 0) is 37.4 Å². The lowest BCUT2D eigenvalue weighted by atomic mass is 9.75. The van der Waals surface area contributed by atoms with Crippen molar-refractivity contribution in [2.45, 2.75) is 30.8 Å². The van der Waals surface area contributed by atoms with Crippen LogP contribution < -0.4 is 0 Å². The number of hydrogen-bond acceptors (Lipinski definition) is 3. The number of H-pyrrole nitrogens is 1. The summed E-state index contributed by atoms with van der Waals surface area (Å²) in [5, 5.41) is 7.13. The monoisotopic (exact) mass is 356 g/mol. The van der Waals surface area contributed by atoms with E-state index in [1.807, 2.05) is 0 Å². The van der Waals surface area contributed by atoms with Crippen molar-refractivity contribution >= 4 is 17.5 Å². The predicted molar refractivity (Wildman–Crippen MR) is 95.7 cm³/mol. The molecule has 4 aliphatic rings.